The van der Waals surface area contributed by atoms with Crippen molar-refractivity contribution in [1.29, 1.82) is 0 Å². The lowest BCUT2D eigenvalue weighted by atomic mass is 9.80. The van der Waals surface area contributed by atoms with E-state index >= 15 is 0 Å². The van der Waals surface area contributed by atoms with E-state index in [1.807, 2.05) is 12.1 Å². The zero-order chi connectivity index (χ0) is 20.4. The lowest BCUT2D eigenvalue weighted by Gasteiger charge is -2.44. The molecule has 29 heavy (non-hydrogen) atoms. The van der Waals surface area contributed by atoms with Gasteiger partial charge in [-0.2, -0.15) is 0 Å². The Morgan fingerprint density at radius 2 is 1.83 bits per heavy atom. The van der Waals surface area contributed by atoms with Gasteiger partial charge in [0.15, 0.2) is 11.5 Å². The topological polar surface area (TPSA) is 41.9 Å². The molecule has 2 aliphatic rings. The highest BCUT2D eigenvalue weighted by Gasteiger charge is 2.49. The summed E-state index contributed by atoms with van der Waals surface area (Å²) in [6.07, 6.45) is 4.09. The van der Waals surface area contributed by atoms with Crippen LogP contribution in [-0.2, 0) is 12.1 Å². The summed E-state index contributed by atoms with van der Waals surface area (Å²) in [5.41, 5.74) is 0.444. The van der Waals surface area contributed by atoms with Gasteiger partial charge in [-0.05, 0) is 44.2 Å². The number of methoxy groups -OCH3 is 1. The molecule has 4 nitrogen and oxygen atoms in total. The number of nitrogens with zero attached hydrogens (tertiary/aromatic N) is 1. The van der Waals surface area contributed by atoms with Gasteiger partial charge in [-0.3, -0.25) is 4.90 Å². The number of aliphatic hydroxyl groups is 1. The molecule has 2 heterocycles. The third-order valence-corrected chi connectivity index (χ3v) is 6.38. The van der Waals surface area contributed by atoms with Gasteiger partial charge in [0.25, 0.3) is 0 Å². The predicted molar refractivity (Wildman–Crippen MR) is 111 cm³/mol. The highest BCUT2D eigenvalue weighted by molar-refractivity contribution is 5.46. The SMILES string of the molecule is CCCOc1c(CN2[C@H]3CC[C@H]2CC(O)(c2ccccc2F)C3)cccc1OC. The number of para-hydroxylation sites is 1. The van der Waals surface area contributed by atoms with Gasteiger partial charge in [0.2, 0.25) is 0 Å². The first-order valence-electron chi connectivity index (χ1n) is 10.6. The normalized spacial score (nSPS) is 26.5. The summed E-state index contributed by atoms with van der Waals surface area (Å²) in [7, 11) is 1.66. The quantitative estimate of drug-likeness (QED) is 0.737. The molecule has 0 amide bonds. The molecule has 0 aliphatic carbocycles. The monoisotopic (exact) mass is 399 g/mol. The molecule has 5 heteroatoms. The van der Waals surface area contributed by atoms with E-state index in [-0.39, 0.29) is 17.9 Å². The number of benzene rings is 2. The highest BCUT2D eigenvalue weighted by Crippen LogP contribution is 2.47. The van der Waals surface area contributed by atoms with Crippen molar-refractivity contribution in [3.63, 3.8) is 0 Å². The summed E-state index contributed by atoms with van der Waals surface area (Å²) in [4.78, 5) is 2.46. The second-order valence-electron chi connectivity index (χ2n) is 8.27. The number of fused-ring (bicyclic) bond motifs is 2. The first-order valence-corrected chi connectivity index (χ1v) is 10.6. The molecule has 2 bridgehead atoms. The molecule has 2 aromatic rings. The number of hydrogen-bond acceptors (Lipinski definition) is 4. The Hall–Kier alpha value is -2.11. The minimum absolute atomic E-state index is 0.226. The third-order valence-electron chi connectivity index (χ3n) is 6.38. The van der Waals surface area contributed by atoms with Crippen LogP contribution in [0.5, 0.6) is 11.5 Å². The number of halogens is 1. The molecule has 1 N–H and O–H groups in total. The van der Waals surface area contributed by atoms with E-state index in [0.717, 1.165) is 42.9 Å². The van der Waals surface area contributed by atoms with Crippen LogP contribution in [0.25, 0.3) is 0 Å². The lowest BCUT2D eigenvalue weighted by molar-refractivity contribution is -0.0617. The maximum Gasteiger partial charge on any atom is 0.165 e. The summed E-state index contributed by atoms with van der Waals surface area (Å²) >= 11 is 0. The van der Waals surface area contributed by atoms with Crippen molar-refractivity contribution in [3.8, 4) is 11.5 Å². The van der Waals surface area contributed by atoms with Gasteiger partial charge in [0, 0.05) is 29.8 Å². The van der Waals surface area contributed by atoms with Crippen LogP contribution in [0, 0.1) is 5.82 Å². The number of ether oxygens (including phenoxy) is 2. The fraction of sp³-hybridized carbons (Fsp3) is 0.500. The maximum absolute atomic E-state index is 14.4. The van der Waals surface area contributed by atoms with Crippen molar-refractivity contribution >= 4 is 0 Å². The molecule has 0 spiro atoms. The van der Waals surface area contributed by atoms with Gasteiger partial charge < -0.3 is 14.6 Å². The van der Waals surface area contributed by atoms with Crippen molar-refractivity contribution in [2.45, 2.75) is 63.3 Å². The molecule has 2 fully saturated rings. The van der Waals surface area contributed by atoms with E-state index in [0.29, 0.717) is 25.0 Å². The standard InChI is InChI=1S/C24H30FNO3/c1-3-13-29-23-17(7-6-10-22(23)28-2)16-26-18-11-12-19(26)15-24(27,14-18)20-8-4-5-9-21(20)25/h4-10,18-19,27H,3,11-16H2,1-2H3/t18-,19-/m0/s1. The van der Waals surface area contributed by atoms with E-state index < -0.39 is 5.60 Å². The van der Waals surface area contributed by atoms with Gasteiger partial charge in [0.05, 0.1) is 19.3 Å². The predicted octanol–water partition coefficient (Wildman–Crippen LogP) is 4.64. The second kappa shape index (κ2) is 8.33. The Morgan fingerprint density at radius 1 is 1.10 bits per heavy atom. The van der Waals surface area contributed by atoms with E-state index in [1.165, 1.54) is 6.07 Å². The van der Waals surface area contributed by atoms with Crippen LogP contribution in [0.1, 0.15) is 50.2 Å². The summed E-state index contributed by atoms with van der Waals surface area (Å²) in [5.74, 6) is 1.25. The van der Waals surface area contributed by atoms with Crippen LogP contribution in [0.15, 0.2) is 42.5 Å². The fourth-order valence-corrected chi connectivity index (χ4v) is 5.04. The summed E-state index contributed by atoms with van der Waals surface area (Å²) in [6.45, 7) is 3.48. The summed E-state index contributed by atoms with van der Waals surface area (Å²) in [5, 5.41) is 11.3. The largest absolute Gasteiger partial charge is 0.493 e. The molecule has 2 atom stereocenters. The first kappa shape index (κ1) is 20.2. The summed E-state index contributed by atoms with van der Waals surface area (Å²) < 4.78 is 25.9. The molecule has 0 saturated carbocycles. The van der Waals surface area contributed by atoms with Crippen LogP contribution >= 0.6 is 0 Å². The Kier molecular flexibility index (Phi) is 5.79. The lowest BCUT2D eigenvalue weighted by Crippen LogP contribution is -2.49. The molecule has 0 aromatic heterocycles. The maximum atomic E-state index is 14.4. The fourth-order valence-electron chi connectivity index (χ4n) is 5.04. The average molecular weight is 400 g/mol. The van der Waals surface area contributed by atoms with E-state index in [2.05, 4.69) is 17.9 Å². The molecule has 2 aromatic carbocycles. The van der Waals surface area contributed by atoms with E-state index in [1.54, 1.807) is 25.3 Å². The average Bonchev–Trinajstić information content (AvgIpc) is 2.96. The Labute approximate surface area is 172 Å². The molecule has 2 aliphatic heterocycles. The smallest absolute Gasteiger partial charge is 0.165 e. The van der Waals surface area contributed by atoms with Crippen molar-refractivity contribution in [3.05, 3.63) is 59.4 Å². The number of hydrogen-bond donors (Lipinski definition) is 1. The Morgan fingerprint density at radius 3 is 2.48 bits per heavy atom. The van der Waals surface area contributed by atoms with Crippen molar-refractivity contribution in [1.82, 2.24) is 4.90 Å². The zero-order valence-corrected chi connectivity index (χ0v) is 17.2. The number of rotatable bonds is 7. The third kappa shape index (κ3) is 3.86. The molecule has 4 rings (SSSR count). The summed E-state index contributed by atoms with van der Waals surface area (Å²) in [6, 6.07) is 13.1. The van der Waals surface area contributed by atoms with Gasteiger partial charge in [-0.15, -0.1) is 0 Å². The number of piperidine rings is 1. The Bertz CT molecular complexity index is 842. The van der Waals surface area contributed by atoms with Gasteiger partial charge in [-0.25, -0.2) is 4.39 Å². The van der Waals surface area contributed by atoms with Gasteiger partial charge >= 0.3 is 0 Å². The molecule has 0 unspecified atom stereocenters. The highest BCUT2D eigenvalue weighted by atomic mass is 19.1. The zero-order valence-electron chi connectivity index (χ0n) is 17.2. The van der Waals surface area contributed by atoms with Crippen LogP contribution < -0.4 is 9.47 Å². The van der Waals surface area contributed by atoms with Crippen molar-refractivity contribution < 1.29 is 19.0 Å². The van der Waals surface area contributed by atoms with Gasteiger partial charge in [0.1, 0.15) is 5.82 Å². The first-order chi connectivity index (χ1) is 14.1. The van der Waals surface area contributed by atoms with Crippen molar-refractivity contribution in [2.24, 2.45) is 0 Å². The van der Waals surface area contributed by atoms with Gasteiger partial charge in [-0.1, -0.05) is 37.3 Å². The van der Waals surface area contributed by atoms with Crippen LogP contribution in [0.4, 0.5) is 4.39 Å². The van der Waals surface area contributed by atoms with Crippen molar-refractivity contribution in [2.75, 3.05) is 13.7 Å². The van der Waals surface area contributed by atoms with Crippen LogP contribution in [0.2, 0.25) is 0 Å². The second-order valence-corrected chi connectivity index (χ2v) is 8.27. The van der Waals surface area contributed by atoms with E-state index in [9.17, 15) is 9.50 Å². The van der Waals surface area contributed by atoms with Crippen LogP contribution in [0.3, 0.4) is 0 Å². The van der Waals surface area contributed by atoms with E-state index in [4.69, 9.17) is 9.47 Å². The molecule has 2 saturated heterocycles. The van der Waals surface area contributed by atoms with Crippen LogP contribution in [-0.4, -0.2) is 35.8 Å². The minimum atomic E-state index is -1.09. The molecular formula is C24H30FNO3. The Balaban J connectivity index is 1.57. The molecular weight excluding hydrogens is 369 g/mol. The minimum Gasteiger partial charge on any atom is -0.493 e. The molecule has 156 valence electrons. The molecule has 0 radical (unpaired) electrons.